The molecule has 0 unspecified atom stereocenters. The molecule has 0 saturated carbocycles. The molecule has 0 N–H and O–H groups in total. The number of amides is 1. The van der Waals surface area contributed by atoms with Gasteiger partial charge in [-0.3, -0.25) is 4.79 Å². The first-order chi connectivity index (χ1) is 13.4. The zero-order valence-electron chi connectivity index (χ0n) is 15.7. The summed E-state index contributed by atoms with van der Waals surface area (Å²) in [5.41, 5.74) is 0.958. The number of halogens is 1. The highest BCUT2D eigenvalue weighted by Gasteiger charge is 2.31. The molecule has 1 fully saturated rings. The van der Waals surface area contributed by atoms with Gasteiger partial charge in [0.05, 0.1) is 7.11 Å². The molecule has 2 aromatic rings. The average molecular weight is 406 g/mol. The lowest BCUT2D eigenvalue weighted by Gasteiger charge is -2.34. The van der Waals surface area contributed by atoms with Crippen LogP contribution >= 0.6 is 0 Å². The Labute approximate surface area is 164 Å². The van der Waals surface area contributed by atoms with Gasteiger partial charge in [-0.25, -0.2) is 12.8 Å². The summed E-state index contributed by atoms with van der Waals surface area (Å²) >= 11 is 0. The molecule has 28 heavy (non-hydrogen) atoms. The Bertz CT molecular complexity index is 941. The first-order valence-electron chi connectivity index (χ1n) is 9.08. The van der Waals surface area contributed by atoms with Crippen molar-refractivity contribution in [3.05, 3.63) is 59.9 Å². The highest BCUT2D eigenvalue weighted by molar-refractivity contribution is 7.89. The number of carbonyl (C=O) groups excluding carboxylic acids is 1. The van der Waals surface area contributed by atoms with E-state index in [4.69, 9.17) is 4.74 Å². The van der Waals surface area contributed by atoms with Crippen molar-refractivity contribution in [2.45, 2.75) is 17.7 Å². The summed E-state index contributed by atoms with van der Waals surface area (Å²) in [6, 6.07) is 12.9. The highest BCUT2D eigenvalue weighted by atomic mass is 32.2. The molecule has 1 aliphatic heterocycles. The largest absolute Gasteiger partial charge is 0.496 e. The number of aryl methyl sites for hydroxylation is 1. The van der Waals surface area contributed by atoms with Crippen LogP contribution in [0.5, 0.6) is 5.75 Å². The van der Waals surface area contributed by atoms with Crippen LogP contribution in [0.15, 0.2) is 53.4 Å². The quantitative estimate of drug-likeness (QED) is 0.738. The van der Waals surface area contributed by atoms with Crippen molar-refractivity contribution >= 4 is 15.9 Å². The number of piperazine rings is 1. The topological polar surface area (TPSA) is 66.9 Å². The average Bonchev–Trinajstić information content (AvgIpc) is 2.72. The van der Waals surface area contributed by atoms with E-state index in [1.165, 1.54) is 22.5 Å². The third kappa shape index (κ3) is 4.34. The Morgan fingerprint density at radius 3 is 2.36 bits per heavy atom. The molecule has 1 aliphatic rings. The van der Waals surface area contributed by atoms with Gasteiger partial charge < -0.3 is 9.64 Å². The van der Waals surface area contributed by atoms with Crippen LogP contribution < -0.4 is 4.74 Å². The maximum Gasteiger partial charge on any atom is 0.246 e. The SMILES string of the molecule is COc1ccccc1CCC(=O)N1CCN(S(=O)(=O)c2ccccc2F)CC1. The number of para-hydroxylation sites is 1. The van der Waals surface area contributed by atoms with Crippen LogP contribution in [-0.2, 0) is 21.2 Å². The fourth-order valence-corrected chi connectivity index (χ4v) is 4.77. The van der Waals surface area contributed by atoms with Crippen LogP contribution in [0.25, 0.3) is 0 Å². The van der Waals surface area contributed by atoms with Gasteiger partial charge in [0.2, 0.25) is 15.9 Å². The summed E-state index contributed by atoms with van der Waals surface area (Å²) < 4.78 is 45.7. The van der Waals surface area contributed by atoms with Crippen molar-refractivity contribution in [3.63, 3.8) is 0 Å². The number of benzene rings is 2. The van der Waals surface area contributed by atoms with Crippen molar-refractivity contribution in [2.24, 2.45) is 0 Å². The monoisotopic (exact) mass is 406 g/mol. The fraction of sp³-hybridized carbons (Fsp3) is 0.350. The molecule has 3 rings (SSSR count). The molecule has 0 aromatic heterocycles. The first-order valence-corrected chi connectivity index (χ1v) is 10.5. The van der Waals surface area contributed by atoms with Crippen molar-refractivity contribution in [1.29, 1.82) is 0 Å². The van der Waals surface area contributed by atoms with Gasteiger partial charge in [0.15, 0.2) is 0 Å². The predicted molar refractivity (Wildman–Crippen MR) is 103 cm³/mol. The second-order valence-corrected chi connectivity index (χ2v) is 8.43. The number of hydrogen-bond acceptors (Lipinski definition) is 4. The molecule has 6 nitrogen and oxygen atoms in total. The zero-order chi connectivity index (χ0) is 20.1. The van der Waals surface area contributed by atoms with Gasteiger partial charge in [0.25, 0.3) is 0 Å². The standard InChI is InChI=1S/C20H23FN2O4S/c1-27-18-8-4-2-6-16(18)10-11-20(24)22-12-14-23(15-13-22)28(25,26)19-9-5-3-7-17(19)21/h2-9H,10-15H2,1H3. The summed E-state index contributed by atoms with van der Waals surface area (Å²) in [4.78, 5) is 13.8. The summed E-state index contributed by atoms with van der Waals surface area (Å²) in [6.07, 6.45) is 0.872. The smallest absolute Gasteiger partial charge is 0.246 e. The number of hydrogen-bond donors (Lipinski definition) is 0. The molecule has 0 aliphatic carbocycles. The number of rotatable bonds is 6. The summed E-state index contributed by atoms with van der Waals surface area (Å²) in [7, 11) is -2.31. The van der Waals surface area contributed by atoms with E-state index in [0.717, 1.165) is 17.4 Å². The normalized spacial score (nSPS) is 15.4. The Morgan fingerprint density at radius 1 is 1.04 bits per heavy atom. The second-order valence-electron chi connectivity index (χ2n) is 6.53. The minimum atomic E-state index is -3.90. The Hall–Kier alpha value is -2.45. The van der Waals surface area contributed by atoms with E-state index in [9.17, 15) is 17.6 Å². The molecule has 150 valence electrons. The van der Waals surface area contributed by atoms with Gasteiger partial charge >= 0.3 is 0 Å². The van der Waals surface area contributed by atoms with Gasteiger partial charge in [-0.15, -0.1) is 0 Å². The molecule has 1 heterocycles. The molecule has 0 radical (unpaired) electrons. The third-order valence-electron chi connectivity index (χ3n) is 4.85. The molecular formula is C20H23FN2O4S. The fourth-order valence-electron chi connectivity index (χ4n) is 3.28. The van der Waals surface area contributed by atoms with Crippen LogP contribution in [0.1, 0.15) is 12.0 Å². The molecule has 0 bridgehead atoms. The number of methoxy groups -OCH3 is 1. The van der Waals surface area contributed by atoms with Crippen molar-refractivity contribution in [2.75, 3.05) is 33.3 Å². The second kappa shape index (κ2) is 8.70. The van der Waals surface area contributed by atoms with Crippen molar-refractivity contribution in [3.8, 4) is 5.75 Å². The molecule has 1 saturated heterocycles. The molecule has 0 spiro atoms. The van der Waals surface area contributed by atoms with Crippen LogP contribution in [0.4, 0.5) is 4.39 Å². The van der Waals surface area contributed by atoms with Gasteiger partial charge in [-0.1, -0.05) is 30.3 Å². The van der Waals surface area contributed by atoms with Gasteiger partial charge in [-0.2, -0.15) is 4.31 Å². The van der Waals surface area contributed by atoms with Crippen LogP contribution in [0.2, 0.25) is 0 Å². The summed E-state index contributed by atoms with van der Waals surface area (Å²) in [5.74, 6) is -0.0530. The number of nitrogens with zero attached hydrogens (tertiary/aromatic N) is 2. The van der Waals surface area contributed by atoms with Gasteiger partial charge in [-0.05, 0) is 30.2 Å². The maximum atomic E-state index is 13.9. The lowest BCUT2D eigenvalue weighted by atomic mass is 10.1. The maximum absolute atomic E-state index is 13.9. The van der Waals surface area contributed by atoms with E-state index in [-0.39, 0.29) is 23.9 Å². The number of carbonyl (C=O) groups is 1. The van der Waals surface area contributed by atoms with E-state index in [1.54, 1.807) is 12.0 Å². The minimum absolute atomic E-state index is 0.0335. The van der Waals surface area contributed by atoms with E-state index < -0.39 is 15.8 Å². The number of sulfonamides is 1. The van der Waals surface area contributed by atoms with Crippen molar-refractivity contribution < 1.29 is 22.3 Å². The number of ether oxygens (including phenoxy) is 1. The summed E-state index contributed by atoms with van der Waals surface area (Å²) in [5, 5.41) is 0. The van der Waals surface area contributed by atoms with E-state index >= 15 is 0 Å². The van der Waals surface area contributed by atoms with Gasteiger partial charge in [0, 0.05) is 32.6 Å². The van der Waals surface area contributed by atoms with E-state index in [0.29, 0.717) is 25.9 Å². The minimum Gasteiger partial charge on any atom is -0.496 e. The Balaban J connectivity index is 1.58. The highest BCUT2D eigenvalue weighted by Crippen LogP contribution is 2.22. The van der Waals surface area contributed by atoms with E-state index in [1.807, 2.05) is 24.3 Å². The van der Waals surface area contributed by atoms with Crippen LogP contribution in [-0.4, -0.2) is 56.8 Å². The molecular weight excluding hydrogens is 383 g/mol. The lowest BCUT2D eigenvalue weighted by molar-refractivity contribution is -0.132. The lowest BCUT2D eigenvalue weighted by Crippen LogP contribution is -2.50. The zero-order valence-corrected chi connectivity index (χ0v) is 16.5. The van der Waals surface area contributed by atoms with Crippen LogP contribution in [0, 0.1) is 5.82 Å². The Kier molecular flexibility index (Phi) is 6.31. The first kappa shape index (κ1) is 20.3. The third-order valence-corrected chi connectivity index (χ3v) is 6.78. The predicted octanol–water partition coefficient (Wildman–Crippen LogP) is 2.30. The molecule has 8 heteroatoms. The van der Waals surface area contributed by atoms with Crippen LogP contribution in [0.3, 0.4) is 0 Å². The molecule has 2 aromatic carbocycles. The van der Waals surface area contributed by atoms with E-state index in [2.05, 4.69) is 0 Å². The van der Waals surface area contributed by atoms with Crippen molar-refractivity contribution in [1.82, 2.24) is 9.21 Å². The molecule has 1 amide bonds. The summed E-state index contributed by atoms with van der Waals surface area (Å²) in [6.45, 7) is 0.880. The Morgan fingerprint density at radius 2 is 1.68 bits per heavy atom. The van der Waals surface area contributed by atoms with Gasteiger partial charge in [0.1, 0.15) is 16.5 Å². The molecule has 0 atom stereocenters.